The number of amides is 1. The van der Waals surface area contributed by atoms with Gasteiger partial charge >= 0.3 is 13.8 Å². The molecule has 0 radical (unpaired) electrons. The van der Waals surface area contributed by atoms with Crippen molar-refractivity contribution in [1.82, 2.24) is 15.1 Å². The average molecular weight is 544 g/mol. The van der Waals surface area contributed by atoms with Crippen LogP contribution in [0.1, 0.15) is 55.1 Å². The minimum Gasteiger partial charge on any atom is -0.334 e. The molecule has 0 fully saturated rings. The highest BCUT2D eigenvalue weighted by Gasteiger charge is 2.45. The van der Waals surface area contributed by atoms with Gasteiger partial charge in [-0.05, 0) is 45.4 Å². The van der Waals surface area contributed by atoms with E-state index < -0.39 is 54.1 Å². The summed E-state index contributed by atoms with van der Waals surface area (Å²) in [4.78, 5) is 13.4. The van der Waals surface area contributed by atoms with Crippen LogP contribution in [-0.4, -0.2) is 27.9 Å². The Hall–Kier alpha value is -2.65. The predicted octanol–water partition coefficient (Wildman–Crippen LogP) is 7.02. The Morgan fingerprint density at radius 1 is 0.972 bits per heavy atom. The number of para-hydroxylation sites is 1. The summed E-state index contributed by atoms with van der Waals surface area (Å²) in [7, 11) is -4.14. The maximum absolute atomic E-state index is 14.0. The normalized spacial score (nSPS) is 13.3. The molecule has 7 nitrogen and oxygen atoms in total. The van der Waals surface area contributed by atoms with Crippen molar-refractivity contribution in [2.75, 3.05) is 0 Å². The van der Waals surface area contributed by atoms with E-state index in [0.717, 1.165) is 4.68 Å². The van der Waals surface area contributed by atoms with Gasteiger partial charge in [0.15, 0.2) is 11.5 Å². The standard InChI is InChI=1S/C24H26ClF3N3O4P/c1-15(2)34-36(33,35-16(3)4)23(17-11-7-5-8-12-17)29-22(32)19-20(24(26,27)28)30-31(21(19)25)18-13-9-6-10-14-18/h5-16,23H,1-4H3,(H,29,32). The van der Waals surface area contributed by atoms with Crippen LogP contribution in [0.3, 0.4) is 0 Å². The first-order valence-corrected chi connectivity index (χ1v) is 13.1. The average Bonchev–Trinajstić information content (AvgIpc) is 3.15. The van der Waals surface area contributed by atoms with E-state index in [0.29, 0.717) is 5.56 Å². The predicted molar refractivity (Wildman–Crippen MR) is 130 cm³/mol. The van der Waals surface area contributed by atoms with Crippen LogP contribution in [0.4, 0.5) is 13.2 Å². The van der Waals surface area contributed by atoms with Gasteiger partial charge in [0.25, 0.3) is 5.91 Å². The van der Waals surface area contributed by atoms with Gasteiger partial charge in [-0.2, -0.15) is 18.3 Å². The molecule has 3 aromatic rings. The second-order valence-corrected chi connectivity index (χ2v) is 10.8. The molecule has 12 heteroatoms. The van der Waals surface area contributed by atoms with E-state index in [4.69, 9.17) is 20.6 Å². The van der Waals surface area contributed by atoms with E-state index in [1.165, 1.54) is 12.1 Å². The summed E-state index contributed by atoms with van der Waals surface area (Å²) in [5.41, 5.74) is -1.85. The first kappa shape index (κ1) is 27.9. The van der Waals surface area contributed by atoms with E-state index in [1.807, 2.05) is 0 Å². The number of halogens is 4. The first-order valence-electron chi connectivity index (χ1n) is 11.1. The molecule has 0 saturated carbocycles. The molecule has 1 heterocycles. The van der Waals surface area contributed by atoms with Gasteiger partial charge in [-0.1, -0.05) is 60.1 Å². The van der Waals surface area contributed by atoms with E-state index in [2.05, 4.69) is 10.4 Å². The Balaban J connectivity index is 2.14. The molecule has 0 saturated heterocycles. The van der Waals surface area contributed by atoms with Crippen molar-refractivity contribution < 1.29 is 31.6 Å². The number of nitrogens with one attached hydrogen (secondary N) is 1. The molecule has 0 spiro atoms. The van der Waals surface area contributed by atoms with Crippen molar-refractivity contribution in [2.24, 2.45) is 0 Å². The molecule has 1 atom stereocenters. The molecule has 2 aromatic carbocycles. The fraction of sp³-hybridized carbons (Fsp3) is 0.333. The number of hydrogen-bond acceptors (Lipinski definition) is 5. The van der Waals surface area contributed by atoms with Gasteiger partial charge < -0.3 is 14.4 Å². The summed E-state index contributed by atoms with van der Waals surface area (Å²) >= 11 is 6.29. The Morgan fingerprint density at radius 3 is 1.94 bits per heavy atom. The number of benzene rings is 2. The van der Waals surface area contributed by atoms with Gasteiger partial charge in [-0.25, -0.2) is 4.68 Å². The van der Waals surface area contributed by atoms with Crippen molar-refractivity contribution in [3.63, 3.8) is 0 Å². The monoisotopic (exact) mass is 543 g/mol. The molecule has 1 aromatic heterocycles. The van der Waals surface area contributed by atoms with E-state index >= 15 is 0 Å². The van der Waals surface area contributed by atoms with Crippen LogP contribution in [-0.2, 0) is 19.8 Å². The maximum Gasteiger partial charge on any atom is 0.436 e. The Labute approximate surface area is 212 Å². The third-order valence-electron chi connectivity index (χ3n) is 4.74. The lowest BCUT2D eigenvalue weighted by Crippen LogP contribution is -2.32. The zero-order valence-electron chi connectivity index (χ0n) is 20.0. The van der Waals surface area contributed by atoms with Crippen molar-refractivity contribution in [3.8, 4) is 5.69 Å². The van der Waals surface area contributed by atoms with Crippen LogP contribution in [0.15, 0.2) is 60.7 Å². The zero-order chi connectivity index (χ0) is 26.7. The molecule has 0 aliphatic heterocycles. The summed E-state index contributed by atoms with van der Waals surface area (Å²) in [6.07, 6.45) is -6.15. The Bertz CT molecular complexity index is 1220. The van der Waals surface area contributed by atoms with Crippen LogP contribution < -0.4 is 5.32 Å². The second kappa shape index (κ2) is 11.2. The topological polar surface area (TPSA) is 82.4 Å². The number of nitrogens with zero attached hydrogens (tertiary/aromatic N) is 2. The van der Waals surface area contributed by atoms with Gasteiger partial charge in [0, 0.05) is 0 Å². The van der Waals surface area contributed by atoms with Gasteiger partial charge in [0.2, 0.25) is 0 Å². The van der Waals surface area contributed by atoms with Crippen LogP contribution in [0.25, 0.3) is 5.69 Å². The number of aromatic nitrogens is 2. The van der Waals surface area contributed by atoms with Gasteiger partial charge in [0.1, 0.15) is 10.7 Å². The largest absolute Gasteiger partial charge is 0.436 e. The van der Waals surface area contributed by atoms with Crippen LogP contribution >= 0.6 is 19.2 Å². The molecule has 0 aliphatic rings. The smallest absolute Gasteiger partial charge is 0.334 e. The third-order valence-corrected chi connectivity index (χ3v) is 7.58. The van der Waals surface area contributed by atoms with Gasteiger partial charge in [-0.15, -0.1) is 0 Å². The van der Waals surface area contributed by atoms with Gasteiger partial charge in [0.05, 0.1) is 17.9 Å². The number of hydrogen-bond donors (Lipinski definition) is 1. The van der Waals surface area contributed by atoms with E-state index in [9.17, 15) is 22.5 Å². The zero-order valence-corrected chi connectivity index (χ0v) is 21.6. The SMILES string of the molecule is CC(C)OP(=O)(OC(C)C)C(NC(=O)c1c(C(F)(F)F)nn(-c2ccccc2)c1Cl)c1ccccc1. The van der Waals surface area contributed by atoms with Crippen LogP contribution in [0.5, 0.6) is 0 Å². The molecule has 0 aliphatic carbocycles. The first-order chi connectivity index (χ1) is 16.8. The Morgan fingerprint density at radius 2 is 1.47 bits per heavy atom. The lowest BCUT2D eigenvalue weighted by atomic mass is 10.2. The lowest BCUT2D eigenvalue weighted by molar-refractivity contribution is -0.141. The molecule has 3 rings (SSSR count). The molecule has 0 bridgehead atoms. The molecule has 36 heavy (non-hydrogen) atoms. The van der Waals surface area contributed by atoms with Crippen molar-refractivity contribution >= 4 is 25.1 Å². The van der Waals surface area contributed by atoms with Crippen molar-refractivity contribution in [1.29, 1.82) is 0 Å². The highest BCUT2D eigenvalue weighted by molar-refractivity contribution is 7.54. The molecular formula is C24H26ClF3N3O4P. The number of carbonyl (C=O) groups excluding carboxylic acids is 1. The van der Waals surface area contributed by atoms with Crippen molar-refractivity contribution in [2.45, 2.75) is 51.9 Å². The quantitative estimate of drug-likeness (QED) is 0.293. The minimum absolute atomic E-state index is 0.226. The van der Waals surface area contributed by atoms with Crippen LogP contribution in [0.2, 0.25) is 5.15 Å². The fourth-order valence-electron chi connectivity index (χ4n) is 3.45. The van der Waals surface area contributed by atoms with Crippen LogP contribution in [0, 0.1) is 0 Å². The summed E-state index contributed by atoms with van der Waals surface area (Å²) in [5.74, 6) is -2.66. The highest BCUT2D eigenvalue weighted by Crippen LogP contribution is 2.61. The van der Waals surface area contributed by atoms with E-state index in [-0.39, 0.29) is 5.69 Å². The second-order valence-electron chi connectivity index (χ2n) is 8.39. The fourth-order valence-corrected chi connectivity index (χ4v) is 6.04. The number of alkyl halides is 3. The van der Waals surface area contributed by atoms with Crippen molar-refractivity contribution in [3.05, 3.63) is 82.6 Å². The molecule has 194 valence electrons. The molecule has 1 amide bonds. The molecule has 1 N–H and O–H groups in total. The molecule has 1 unspecified atom stereocenters. The summed E-state index contributed by atoms with van der Waals surface area (Å²) in [6.45, 7) is 6.51. The third kappa shape index (κ3) is 6.37. The highest BCUT2D eigenvalue weighted by atomic mass is 35.5. The minimum atomic E-state index is -4.99. The summed E-state index contributed by atoms with van der Waals surface area (Å²) in [5, 5.41) is 5.45. The van der Waals surface area contributed by atoms with Gasteiger partial charge in [-0.3, -0.25) is 9.36 Å². The number of carbonyl (C=O) groups is 1. The molecular weight excluding hydrogens is 518 g/mol. The summed E-state index contributed by atoms with van der Waals surface area (Å²) < 4.78 is 67.9. The lowest BCUT2D eigenvalue weighted by Gasteiger charge is -2.30. The Kier molecular flexibility index (Phi) is 8.67. The maximum atomic E-state index is 14.0. The van der Waals surface area contributed by atoms with E-state index in [1.54, 1.807) is 76.2 Å². The summed E-state index contributed by atoms with van der Waals surface area (Å²) in [6, 6.07) is 15.9. The number of rotatable bonds is 9.